The lowest BCUT2D eigenvalue weighted by Gasteiger charge is -2.33. The van der Waals surface area contributed by atoms with Crippen molar-refractivity contribution < 1.29 is 18.7 Å². The zero-order valence-corrected chi connectivity index (χ0v) is 18.6. The molecule has 1 aliphatic heterocycles. The fourth-order valence-corrected chi connectivity index (χ4v) is 3.86. The Hall–Kier alpha value is -2.81. The van der Waals surface area contributed by atoms with E-state index in [-0.39, 0.29) is 18.5 Å². The van der Waals surface area contributed by atoms with Gasteiger partial charge in [-0.3, -0.25) is 14.7 Å². The number of rotatable bonds is 6. The Balaban J connectivity index is 1.21. The van der Waals surface area contributed by atoms with Crippen LogP contribution in [0.3, 0.4) is 0 Å². The van der Waals surface area contributed by atoms with E-state index in [9.17, 15) is 14.4 Å². The summed E-state index contributed by atoms with van der Waals surface area (Å²) >= 11 is 11.9. The quantitative estimate of drug-likeness (QED) is 0.539. The second-order valence-corrected chi connectivity index (χ2v) is 8.34. The minimum absolute atomic E-state index is 0.0285. The molecule has 3 aromatic rings. The number of halogens is 2. The zero-order valence-electron chi connectivity index (χ0n) is 17.1. The molecule has 1 amide bonds. The van der Waals surface area contributed by atoms with Crippen LogP contribution < -0.4 is 5.76 Å². The number of amides is 1. The molecule has 2 heterocycles. The van der Waals surface area contributed by atoms with Gasteiger partial charge in [-0.2, -0.15) is 0 Å². The number of aromatic amines is 1. The van der Waals surface area contributed by atoms with Crippen LogP contribution >= 0.6 is 23.2 Å². The van der Waals surface area contributed by atoms with Gasteiger partial charge in [0.05, 0.1) is 15.6 Å². The van der Waals surface area contributed by atoms with Gasteiger partial charge in [0.25, 0.3) is 0 Å². The molecule has 0 radical (unpaired) electrons. The van der Waals surface area contributed by atoms with Crippen LogP contribution in [0.4, 0.5) is 4.79 Å². The summed E-state index contributed by atoms with van der Waals surface area (Å²) in [7, 11) is 0. The van der Waals surface area contributed by atoms with Gasteiger partial charge >= 0.3 is 11.8 Å². The number of hydrogen-bond donors (Lipinski definition) is 1. The predicted molar refractivity (Wildman–Crippen MR) is 120 cm³/mol. The van der Waals surface area contributed by atoms with Crippen LogP contribution in [0.5, 0.6) is 0 Å². The van der Waals surface area contributed by atoms with E-state index >= 15 is 0 Å². The summed E-state index contributed by atoms with van der Waals surface area (Å²) in [5, 5.41) is 0.869. The maximum atomic E-state index is 12.5. The topological polar surface area (TPSA) is 95.9 Å². The van der Waals surface area contributed by atoms with E-state index in [4.69, 9.17) is 32.4 Å². The highest BCUT2D eigenvalue weighted by Gasteiger charge is 2.23. The lowest BCUT2D eigenvalue weighted by atomic mass is 10.1. The summed E-state index contributed by atoms with van der Waals surface area (Å²) in [6.07, 6.45) is -0.0461. The van der Waals surface area contributed by atoms with Crippen molar-refractivity contribution in [3.63, 3.8) is 0 Å². The first-order valence-electron chi connectivity index (χ1n) is 10.1. The maximum absolute atomic E-state index is 12.5. The van der Waals surface area contributed by atoms with E-state index in [1.165, 1.54) is 0 Å². The van der Waals surface area contributed by atoms with Gasteiger partial charge in [0.15, 0.2) is 11.4 Å². The molecule has 1 N–H and O–H groups in total. The Morgan fingerprint density at radius 2 is 1.81 bits per heavy atom. The molecule has 0 saturated carbocycles. The second-order valence-electron chi connectivity index (χ2n) is 7.53. The van der Waals surface area contributed by atoms with Gasteiger partial charge in [0, 0.05) is 44.7 Å². The number of nitrogens with zero attached hydrogens (tertiary/aromatic N) is 2. The normalized spacial score (nSPS) is 14.6. The van der Waals surface area contributed by atoms with Crippen LogP contribution in [0, 0.1) is 0 Å². The second kappa shape index (κ2) is 9.77. The van der Waals surface area contributed by atoms with Crippen LogP contribution in [0.1, 0.15) is 22.3 Å². The summed E-state index contributed by atoms with van der Waals surface area (Å²) in [6, 6.07) is 10.0. The fourth-order valence-electron chi connectivity index (χ4n) is 3.54. The number of carbonyl (C=O) groups is 2. The molecule has 0 aliphatic carbocycles. The fraction of sp³-hybridized carbons (Fsp3) is 0.318. The third-order valence-corrected chi connectivity index (χ3v) is 6.11. The Labute approximate surface area is 193 Å². The van der Waals surface area contributed by atoms with E-state index in [1.54, 1.807) is 41.3 Å². The molecule has 4 rings (SSSR count). The highest BCUT2D eigenvalue weighted by molar-refractivity contribution is 6.42. The number of carbonyl (C=O) groups excluding carboxylic acids is 2. The largest absolute Gasteiger partial charge is 0.445 e. The molecule has 1 saturated heterocycles. The lowest BCUT2D eigenvalue weighted by molar-refractivity contribution is 0.0697. The van der Waals surface area contributed by atoms with Crippen molar-refractivity contribution >= 4 is 46.2 Å². The van der Waals surface area contributed by atoms with Crippen molar-refractivity contribution in [3.8, 4) is 0 Å². The van der Waals surface area contributed by atoms with Crippen molar-refractivity contribution in [1.82, 2.24) is 14.8 Å². The Morgan fingerprint density at radius 3 is 2.56 bits per heavy atom. The van der Waals surface area contributed by atoms with Crippen LogP contribution in [-0.4, -0.2) is 59.4 Å². The first-order chi connectivity index (χ1) is 15.4. The minimum Gasteiger partial charge on any atom is -0.445 e. The maximum Gasteiger partial charge on any atom is 0.417 e. The number of piperazine rings is 1. The number of fused-ring (bicyclic) bond motifs is 1. The first-order valence-corrected chi connectivity index (χ1v) is 10.9. The standard InChI is InChI=1S/C22H21Cl2N3O5/c23-16-3-1-14(11-17(16)24)13-31-22(30)27-9-7-26(8-10-27)6-5-19(28)15-2-4-18-20(12-15)32-21(29)25-18/h1-4,11-12H,5-10,13H2,(H,25,29). The third kappa shape index (κ3) is 5.32. The Morgan fingerprint density at radius 1 is 1.03 bits per heavy atom. The number of Topliss-reactive ketones (excluding diaryl/α,β-unsaturated/α-hetero) is 1. The molecule has 10 heteroatoms. The predicted octanol–water partition coefficient (Wildman–Crippen LogP) is 3.96. The van der Waals surface area contributed by atoms with E-state index < -0.39 is 5.76 Å². The van der Waals surface area contributed by atoms with Crippen molar-refractivity contribution in [2.45, 2.75) is 13.0 Å². The molecular weight excluding hydrogens is 457 g/mol. The molecule has 32 heavy (non-hydrogen) atoms. The zero-order chi connectivity index (χ0) is 22.7. The summed E-state index contributed by atoms with van der Waals surface area (Å²) in [5.41, 5.74) is 2.20. The van der Waals surface area contributed by atoms with Crippen molar-refractivity contribution in [3.05, 3.63) is 68.1 Å². The van der Waals surface area contributed by atoms with Crippen molar-refractivity contribution in [1.29, 1.82) is 0 Å². The molecular formula is C22H21Cl2N3O5. The highest BCUT2D eigenvalue weighted by Crippen LogP contribution is 2.23. The van der Waals surface area contributed by atoms with Gasteiger partial charge in [-0.1, -0.05) is 29.3 Å². The highest BCUT2D eigenvalue weighted by atomic mass is 35.5. The summed E-state index contributed by atoms with van der Waals surface area (Å²) in [4.78, 5) is 42.4. The summed E-state index contributed by atoms with van der Waals surface area (Å²) in [6.45, 7) is 3.06. The van der Waals surface area contributed by atoms with Gasteiger partial charge < -0.3 is 14.1 Å². The van der Waals surface area contributed by atoms with Gasteiger partial charge in [-0.15, -0.1) is 0 Å². The Bertz CT molecular complexity index is 1200. The third-order valence-electron chi connectivity index (χ3n) is 5.37. The van der Waals surface area contributed by atoms with E-state index in [2.05, 4.69) is 9.88 Å². The number of nitrogens with one attached hydrogen (secondary N) is 1. The molecule has 0 atom stereocenters. The molecule has 1 aromatic heterocycles. The van der Waals surface area contributed by atoms with E-state index in [0.29, 0.717) is 65.9 Å². The van der Waals surface area contributed by atoms with Crippen molar-refractivity contribution in [2.75, 3.05) is 32.7 Å². The van der Waals surface area contributed by atoms with Crippen LogP contribution in [0.25, 0.3) is 11.1 Å². The van der Waals surface area contributed by atoms with Crippen LogP contribution in [-0.2, 0) is 11.3 Å². The number of H-pyrrole nitrogens is 1. The number of hydrogen-bond acceptors (Lipinski definition) is 6. The van der Waals surface area contributed by atoms with E-state index in [1.807, 2.05) is 0 Å². The van der Waals surface area contributed by atoms with Gasteiger partial charge in [0.1, 0.15) is 6.61 Å². The van der Waals surface area contributed by atoms with Gasteiger partial charge in [-0.25, -0.2) is 9.59 Å². The molecule has 1 fully saturated rings. The average molecular weight is 478 g/mol. The lowest BCUT2D eigenvalue weighted by Crippen LogP contribution is -2.49. The average Bonchev–Trinajstić information content (AvgIpc) is 3.17. The van der Waals surface area contributed by atoms with Gasteiger partial charge in [-0.05, 0) is 35.9 Å². The molecule has 2 aromatic carbocycles. The number of ether oxygens (including phenoxy) is 1. The summed E-state index contributed by atoms with van der Waals surface area (Å²) < 4.78 is 10.4. The molecule has 0 unspecified atom stereocenters. The Kier molecular flexibility index (Phi) is 6.83. The first kappa shape index (κ1) is 22.4. The number of aromatic nitrogens is 1. The van der Waals surface area contributed by atoms with Crippen LogP contribution in [0.2, 0.25) is 10.0 Å². The molecule has 0 spiro atoms. The van der Waals surface area contributed by atoms with Crippen LogP contribution in [0.15, 0.2) is 45.6 Å². The number of benzene rings is 2. The van der Waals surface area contributed by atoms with E-state index in [0.717, 1.165) is 5.56 Å². The molecule has 0 bridgehead atoms. The molecule has 8 nitrogen and oxygen atoms in total. The minimum atomic E-state index is -0.544. The molecule has 1 aliphatic rings. The monoisotopic (exact) mass is 477 g/mol. The summed E-state index contributed by atoms with van der Waals surface area (Å²) in [5.74, 6) is -0.572. The van der Waals surface area contributed by atoms with Crippen molar-refractivity contribution in [2.24, 2.45) is 0 Å². The number of oxazole rings is 1. The molecule has 168 valence electrons. The SMILES string of the molecule is O=C(CCN1CCN(C(=O)OCc2ccc(Cl)c(Cl)c2)CC1)c1ccc2[nH]c(=O)oc2c1. The number of ketones is 1. The van der Waals surface area contributed by atoms with Gasteiger partial charge in [0.2, 0.25) is 0 Å². The smallest absolute Gasteiger partial charge is 0.417 e.